The van der Waals surface area contributed by atoms with E-state index in [0.717, 1.165) is 28.3 Å². The van der Waals surface area contributed by atoms with Crippen LogP contribution in [0.1, 0.15) is 0 Å². The summed E-state index contributed by atoms with van der Waals surface area (Å²) in [4.78, 5) is 11.4. The van der Waals surface area contributed by atoms with Gasteiger partial charge < -0.3 is 0 Å². The first-order valence-electron chi connectivity index (χ1n) is 17.3. The van der Waals surface area contributed by atoms with Crippen LogP contribution in [0.15, 0.2) is 176 Å². The fourth-order valence-electron chi connectivity index (χ4n) is 8.61. The van der Waals surface area contributed by atoms with Crippen LogP contribution in [0.5, 0.6) is 0 Å². The summed E-state index contributed by atoms with van der Waals surface area (Å²) in [5.74, 6) is 1.70. The standard InChI is InChI=1S/C46H29GeN3S/c1-4-16-30(17-5-1)45-48-44-42(35-23-10-13-25-37(35)47(44,31-18-6-2-7-19-31)32-20-8-3-9-21-32)46(49-45)50-38-26-14-11-22-33(38)34-28-29-40-41(43(34)50)36-24-12-15-27-39(36)51-40/h1-29H. The molecule has 0 fully saturated rings. The Morgan fingerprint density at radius 2 is 1.12 bits per heavy atom. The summed E-state index contributed by atoms with van der Waals surface area (Å²) in [6, 6.07) is 64.3. The normalized spacial score (nSPS) is 13.3. The van der Waals surface area contributed by atoms with Crippen LogP contribution >= 0.6 is 11.3 Å². The van der Waals surface area contributed by atoms with Crippen molar-refractivity contribution in [3.8, 4) is 28.3 Å². The molecule has 11 rings (SSSR count). The topological polar surface area (TPSA) is 30.7 Å². The summed E-state index contributed by atoms with van der Waals surface area (Å²) < 4.78 is 10.4. The van der Waals surface area contributed by atoms with Gasteiger partial charge in [-0.1, -0.05) is 0 Å². The summed E-state index contributed by atoms with van der Waals surface area (Å²) >= 11 is -1.84. The van der Waals surface area contributed by atoms with Gasteiger partial charge in [-0.15, -0.1) is 0 Å². The number of para-hydroxylation sites is 1. The predicted octanol–water partition coefficient (Wildman–Crippen LogP) is 8.97. The van der Waals surface area contributed by atoms with Crippen molar-refractivity contribution < 1.29 is 0 Å². The Balaban J connectivity index is 1.39. The van der Waals surface area contributed by atoms with Gasteiger partial charge >= 0.3 is 303 Å². The molecule has 0 atom stereocenters. The maximum atomic E-state index is 5.74. The molecule has 0 unspecified atom stereocenters. The van der Waals surface area contributed by atoms with E-state index < -0.39 is 13.3 Å². The molecule has 0 radical (unpaired) electrons. The van der Waals surface area contributed by atoms with Crippen LogP contribution < -0.4 is 17.7 Å². The van der Waals surface area contributed by atoms with Crippen molar-refractivity contribution >= 4 is 84.3 Å². The molecule has 238 valence electrons. The summed E-state index contributed by atoms with van der Waals surface area (Å²) in [6.45, 7) is 0. The minimum atomic E-state index is -3.70. The molecule has 3 nitrogen and oxygen atoms in total. The van der Waals surface area contributed by atoms with E-state index in [1.54, 1.807) is 0 Å². The van der Waals surface area contributed by atoms with E-state index in [4.69, 9.17) is 9.97 Å². The van der Waals surface area contributed by atoms with Crippen molar-refractivity contribution in [3.63, 3.8) is 0 Å². The first-order chi connectivity index (χ1) is 25.3. The van der Waals surface area contributed by atoms with Gasteiger partial charge in [0, 0.05) is 0 Å². The Kier molecular flexibility index (Phi) is 6.30. The van der Waals surface area contributed by atoms with E-state index in [1.165, 1.54) is 59.7 Å². The van der Waals surface area contributed by atoms with E-state index in [0.29, 0.717) is 0 Å². The van der Waals surface area contributed by atoms with Crippen molar-refractivity contribution in [1.29, 1.82) is 0 Å². The van der Waals surface area contributed by atoms with Crippen LogP contribution in [0.4, 0.5) is 0 Å². The second-order valence-electron chi connectivity index (χ2n) is 13.3. The van der Waals surface area contributed by atoms with E-state index in [2.05, 4.69) is 180 Å². The second kappa shape index (κ2) is 11.1. The quantitative estimate of drug-likeness (QED) is 0.170. The van der Waals surface area contributed by atoms with Gasteiger partial charge in [0.2, 0.25) is 0 Å². The number of rotatable bonds is 4. The number of aromatic nitrogens is 3. The van der Waals surface area contributed by atoms with Crippen molar-refractivity contribution in [3.05, 3.63) is 176 Å². The Morgan fingerprint density at radius 3 is 1.88 bits per heavy atom. The molecule has 4 heterocycles. The molecule has 10 aromatic rings. The molecule has 1 aliphatic heterocycles. The van der Waals surface area contributed by atoms with E-state index in [9.17, 15) is 0 Å². The zero-order valence-electron chi connectivity index (χ0n) is 27.5. The van der Waals surface area contributed by atoms with Gasteiger partial charge in [-0.05, 0) is 0 Å². The molecular weight excluding hydrogens is 699 g/mol. The van der Waals surface area contributed by atoms with E-state index in [1.807, 2.05) is 11.3 Å². The molecule has 7 aromatic carbocycles. The van der Waals surface area contributed by atoms with Gasteiger partial charge in [-0.3, -0.25) is 0 Å². The third-order valence-corrected chi connectivity index (χ3v) is 21.7. The van der Waals surface area contributed by atoms with Gasteiger partial charge in [0.05, 0.1) is 0 Å². The number of hydrogen-bond donors (Lipinski definition) is 0. The fraction of sp³-hybridized carbons (Fsp3) is 0. The minimum absolute atomic E-state index is 0.757. The van der Waals surface area contributed by atoms with E-state index in [-0.39, 0.29) is 0 Å². The van der Waals surface area contributed by atoms with Crippen molar-refractivity contribution in [2.45, 2.75) is 0 Å². The second-order valence-corrected chi connectivity index (χ2v) is 22.1. The number of nitrogens with zero attached hydrogens (tertiary/aromatic N) is 3. The molecule has 0 spiro atoms. The Hall–Kier alpha value is -5.82. The first kappa shape index (κ1) is 29.0. The summed E-state index contributed by atoms with van der Waals surface area (Å²) in [5, 5.41) is 5.02. The number of benzene rings is 7. The monoisotopic (exact) mass is 729 g/mol. The average Bonchev–Trinajstić information content (AvgIpc) is 3.85. The fourth-order valence-corrected chi connectivity index (χ4v) is 20.2. The van der Waals surface area contributed by atoms with Gasteiger partial charge in [0.15, 0.2) is 0 Å². The molecular formula is C46H29GeN3S. The molecule has 0 N–H and O–H groups in total. The zero-order valence-corrected chi connectivity index (χ0v) is 30.4. The van der Waals surface area contributed by atoms with E-state index >= 15 is 0 Å². The molecule has 3 aromatic heterocycles. The number of thiophene rings is 1. The SMILES string of the molecule is c1ccc(-c2nc(-n3c4ccccc4c4ccc5sc6ccccc6c5c43)c3[c](n2)[Ge]([c]2ccccc2)([c]2ccccc2)[c]2ccccc2-3)cc1. The molecule has 0 bridgehead atoms. The summed E-state index contributed by atoms with van der Waals surface area (Å²) in [6.07, 6.45) is 0. The van der Waals surface area contributed by atoms with Crippen LogP contribution in [0.3, 0.4) is 0 Å². The van der Waals surface area contributed by atoms with Gasteiger partial charge in [-0.2, -0.15) is 0 Å². The summed E-state index contributed by atoms with van der Waals surface area (Å²) in [7, 11) is 0. The van der Waals surface area contributed by atoms with Crippen LogP contribution in [-0.2, 0) is 0 Å². The Morgan fingerprint density at radius 1 is 0.490 bits per heavy atom. The molecule has 5 heteroatoms. The number of fused-ring (bicyclic) bond motifs is 10. The molecule has 0 aliphatic carbocycles. The van der Waals surface area contributed by atoms with Gasteiger partial charge in [0.1, 0.15) is 0 Å². The molecule has 0 saturated carbocycles. The Labute approximate surface area is 301 Å². The predicted molar refractivity (Wildman–Crippen MR) is 217 cm³/mol. The molecule has 1 aliphatic rings. The van der Waals surface area contributed by atoms with Crippen LogP contribution in [-0.4, -0.2) is 27.8 Å². The molecule has 51 heavy (non-hydrogen) atoms. The number of hydrogen-bond acceptors (Lipinski definition) is 3. The summed E-state index contributed by atoms with van der Waals surface area (Å²) in [5.41, 5.74) is 5.76. The van der Waals surface area contributed by atoms with Crippen molar-refractivity contribution in [1.82, 2.24) is 14.5 Å². The van der Waals surface area contributed by atoms with Crippen LogP contribution in [0.2, 0.25) is 0 Å². The average molecular weight is 728 g/mol. The van der Waals surface area contributed by atoms with Crippen LogP contribution in [0.25, 0.3) is 70.3 Å². The first-order valence-corrected chi connectivity index (χ1v) is 22.4. The van der Waals surface area contributed by atoms with Crippen LogP contribution in [0, 0.1) is 0 Å². The van der Waals surface area contributed by atoms with Crippen molar-refractivity contribution in [2.75, 3.05) is 0 Å². The van der Waals surface area contributed by atoms with Gasteiger partial charge in [-0.25, -0.2) is 0 Å². The molecule has 0 saturated heterocycles. The van der Waals surface area contributed by atoms with Gasteiger partial charge in [0.25, 0.3) is 0 Å². The third-order valence-electron chi connectivity index (χ3n) is 10.7. The van der Waals surface area contributed by atoms with Crippen molar-refractivity contribution in [2.24, 2.45) is 0 Å². The zero-order chi connectivity index (χ0) is 33.5. The third kappa shape index (κ3) is 4.00. The maximum absolute atomic E-state index is 5.74. The molecule has 0 amide bonds. The Bertz CT molecular complexity index is 2930.